The standard InChI is InChI=1S/C15H16ClNOS/c1-2-18-15-9-12(7-8-14(15)17)19-10-11-5-3-4-6-13(11)16/h3-9H,2,10,17H2,1H3. The number of hydrogen-bond donors (Lipinski definition) is 1. The van der Waals surface area contributed by atoms with Crippen LogP contribution in [0.15, 0.2) is 47.4 Å². The number of halogens is 1. The van der Waals surface area contributed by atoms with Crippen LogP contribution >= 0.6 is 23.4 Å². The molecule has 0 spiro atoms. The van der Waals surface area contributed by atoms with Crippen molar-refractivity contribution in [2.75, 3.05) is 12.3 Å². The monoisotopic (exact) mass is 293 g/mol. The van der Waals surface area contributed by atoms with E-state index < -0.39 is 0 Å². The Balaban J connectivity index is 2.07. The molecule has 0 aliphatic rings. The largest absolute Gasteiger partial charge is 0.492 e. The van der Waals surface area contributed by atoms with Gasteiger partial charge in [0.25, 0.3) is 0 Å². The van der Waals surface area contributed by atoms with E-state index in [4.69, 9.17) is 22.1 Å². The van der Waals surface area contributed by atoms with Crippen LogP contribution < -0.4 is 10.5 Å². The second-order valence-corrected chi connectivity index (χ2v) is 5.47. The first kappa shape index (κ1) is 14.1. The summed E-state index contributed by atoms with van der Waals surface area (Å²) in [4.78, 5) is 1.12. The summed E-state index contributed by atoms with van der Waals surface area (Å²) in [6.07, 6.45) is 0. The topological polar surface area (TPSA) is 35.2 Å². The fourth-order valence-corrected chi connectivity index (χ4v) is 2.87. The van der Waals surface area contributed by atoms with Gasteiger partial charge in [0.2, 0.25) is 0 Å². The van der Waals surface area contributed by atoms with Crippen molar-refractivity contribution < 1.29 is 4.74 Å². The van der Waals surface area contributed by atoms with Crippen LogP contribution in [-0.4, -0.2) is 6.61 Å². The maximum Gasteiger partial charge on any atom is 0.143 e. The smallest absolute Gasteiger partial charge is 0.143 e. The lowest BCUT2D eigenvalue weighted by Crippen LogP contribution is -1.96. The van der Waals surface area contributed by atoms with Crippen molar-refractivity contribution in [3.05, 3.63) is 53.1 Å². The minimum absolute atomic E-state index is 0.614. The molecule has 2 N–H and O–H groups in total. The number of rotatable bonds is 5. The van der Waals surface area contributed by atoms with E-state index >= 15 is 0 Å². The minimum Gasteiger partial charge on any atom is -0.492 e. The van der Waals surface area contributed by atoms with Crippen LogP contribution in [0.2, 0.25) is 5.02 Å². The molecule has 0 aromatic heterocycles. The average Bonchev–Trinajstić information content (AvgIpc) is 2.41. The van der Waals surface area contributed by atoms with Crippen molar-refractivity contribution >= 4 is 29.1 Å². The van der Waals surface area contributed by atoms with E-state index in [0.29, 0.717) is 12.3 Å². The van der Waals surface area contributed by atoms with E-state index in [1.165, 1.54) is 0 Å². The van der Waals surface area contributed by atoms with Crippen LogP contribution in [0.1, 0.15) is 12.5 Å². The molecule has 2 aromatic rings. The Morgan fingerprint density at radius 2 is 2.00 bits per heavy atom. The first-order valence-corrected chi connectivity index (χ1v) is 7.45. The molecule has 0 aliphatic heterocycles. The quantitative estimate of drug-likeness (QED) is 0.646. The third kappa shape index (κ3) is 3.82. The molecule has 0 saturated carbocycles. The third-order valence-corrected chi connectivity index (χ3v) is 4.05. The maximum absolute atomic E-state index is 6.14. The maximum atomic E-state index is 6.14. The van der Waals surface area contributed by atoms with Crippen molar-refractivity contribution in [1.82, 2.24) is 0 Å². The fraction of sp³-hybridized carbons (Fsp3) is 0.200. The summed E-state index contributed by atoms with van der Waals surface area (Å²) >= 11 is 7.86. The Hall–Kier alpha value is -1.32. The summed E-state index contributed by atoms with van der Waals surface area (Å²) in [7, 11) is 0. The van der Waals surface area contributed by atoms with Gasteiger partial charge in [-0.2, -0.15) is 0 Å². The SMILES string of the molecule is CCOc1cc(SCc2ccccc2Cl)ccc1N. The molecule has 2 rings (SSSR count). The van der Waals surface area contributed by atoms with Crippen LogP contribution in [0.4, 0.5) is 5.69 Å². The van der Waals surface area contributed by atoms with Gasteiger partial charge in [-0.3, -0.25) is 0 Å². The minimum atomic E-state index is 0.614. The summed E-state index contributed by atoms with van der Waals surface area (Å²) in [6, 6.07) is 13.7. The zero-order valence-corrected chi connectivity index (χ0v) is 12.3. The summed E-state index contributed by atoms with van der Waals surface area (Å²) in [6.45, 7) is 2.56. The van der Waals surface area contributed by atoms with Crippen molar-refractivity contribution in [1.29, 1.82) is 0 Å². The summed E-state index contributed by atoms with van der Waals surface area (Å²) in [5.74, 6) is 1.57. The van der Waals surface area contributed by atoms with Gasteiger partial charge in [0.1, 0.15) is 5.75 Å². The molecule has 2 nitrogen and oxygen atoms in total. The first-order chi connectivity index (χ1) is 9.20. The zero-order chi connectivity index (χ0) is 13.7. The number of nitrogens with two attached hydrogens (primary N) is 1. The second-order valence-electron chi connectivity index (χ2n) is 4.01. The molecule has 0 radical (unpaired) electrons. The average molecular weight is 294 g/mol. The molecule has 0 unspecified atom stereocenters. The molecule has 0 heterocycles. The van der Waals surface area contributed by atoms with Crippen molar-refractivity contribution in [2.45, 2.75) is 17.6 Å². The van der Waals surface area contributed by atoms with Gasteiger partial charge in [-0.1, -0.05) is 29.8 Å². The third-order valence-electron chi connectivity index (χ3n) is 2.64. The van der Waals surface area contributed by atoms with Gasteiger partial charge in [0.05, 0.1) is 12.3 Å². The highest BCUT2D eigenvalue weighted by Crippen LogP contribution is 2.31. The molecular formula is C15H16ClNOS. The summed E-state index contributed by atoms with van der Waals surface area (Å²) in [5.41, 5.74) is 7.65. The van der Waals surface area contributed by atoms with E-state index in [9.17, 15) is 0 Å². The number of benzene rings is 2. The number of anilines is 1. The predicted octanol–water partition coefficient (Wildman–Crippen LogP) is 4.61. The Morgan fingerprint density at radius 1 is 1.21 bits per heavy atom. The number of thioether (sulfide) groups is 1. The van der Waals surface area contributed by atoms with Crippen LogP contribution in [0, 0.1) is 0 Å². The van der Waals surface area contributed by atoms with Gasteiger partial charge in [0, 0.05) is 15.7 Å². The van der Waals surface area contributed by atoms with E-state index in [2.05, 4.69) is 0 Å². The van der Waals surface area contributed by atoms with E-state index in [0.717, 1.165) is 27.0 Å². The second kappa shape index (κ2) is 6.73. The highest BCUT2D eigenvalue weighted by atomic mass is 35.5. The summed E-state index contributed by atoms with van der Waals surface area (Å²) < 4.78 is 5.49. The lowest BCUT2D eigenvalue weighted by atomic mass is 10.2. The molecule has 2 aromatic carbocycles. The Morgan fingerprint density at radius 3 is 2.74 bits per heavy atom. The first-order valence-electron chi connectivity index (χ1n) is 6.09. The van der Waals surface area contributed by atoms with E-state index in [1.807, 2.05) is 49.4 Å². The highest BCUT2D eigenvalue weighted by Gasteiger charge is 2.04. The van der Waals surface area contributed by atoms with Crippen molar-refractivity contribution in [2.24, 2.45) is 0 Å². The number of nitrogen functional groups attached to an aromatic ring is 1. The van der Waals surface area contributed by atoms with Gasteiger partial charge in [-0.25, -0.2) is 0 Å². The Labute approximate surface area is 122 Å². The lowest BCUT2D eigenvalue weighted by Gasteiger charge is -2.09. The van der Waals surface area contributed by atoms with Crippen LogP contribution in [0.5, 0.6) is 5.75 Å². The molecule has 4 heteroatoms. The molecule has 0 amide bonds. The van der Waals surface area contributed by atoms with Crippen LogP contribution in [-0.2, 0) is 5.75 Å². The number of hydrogen-bond acceptors (Lipinski definition) is 3. The van der Waals surface area contributed by atoms with Crippen LogP contribution in [0.3, 0.4) is 0 Å². The highest BCUT2D eigenvalue weighted by molar-refractivity contribution is 7.98. The van der Waals surface area contributed by atoms with Crippen molar-refractivity contribution in [3.8, 4) is 5.75 Å². The van der Waals surface area contributed by atoms with Gasteiger partial charge in [-0.15, -0.1) is 11.8 Å². The van der Waals surface area contributed by atoms with Gasteiger partial charge >= 0.3 is 0 Å². The zero-order valence-electron chi connectivity index (χ0n) is 10.7. The normalized spacial score (nSPS) is 10.4. The van der Waals surface area contributed by atoms with E-state index in [1.54, 1.807) is 11.8 Å². The Bertz CT molecular complexity index is 560. The lowest BCUT2D eigenvalue weighted by molar-refractivity contribution is 0.341. The van der Waals surface area contributed by atoms with Crippen LogP contribution in [0.25, 0.3) is 0 Å². The molecular weight excluding hydrogens is 278 g/mol. The fourth-order valence-electron chi connectivity index (χ4n) is 1.66. The molecule has 100 valence electrons. The molecule has 0 bridgehead atoms. The molecule has 0 fully saturated rings. The molecule has 0 aliphatic carbocycles. The van der Waals surface area contributed by atoms with Gasteiger partial charge in [0.15, 0.2) is 0 Å². The number of ether oxygens (including phenoxy) is 1. The Kier molecular flexibility index (Phi) is 5.00. The summed E-state index contributed by atoms with van der Waals surface area (Å²) in [5, 5.41) is 0.801. The molecule has 0 atom stereocenters. The van der Waals surface area contributed by atoms with E-state index in [-0.39, 0.29) is 0 Å². The molecule has 19 heavy (non-hydrogen) atoms. The van der Waals surface area contributed by atoms with Gasteiger partial charge < -0.3 is 10.5 Å². The van der Waals surface area contributed by atoms with Crippen molar-refractivity contribution in [3.63, 3.8) is 0 Å². The van der Waals surface area contributed by atoms with Gasteiger partial charge in [-0.05, 0) is 36.8 Å². The molecule has 0 saturated heterocycles. The predicted molar refractivity (Wildman–Crippen MR) is 83.0 cm³/mol.